The Hall–Kier alpha value is -0.290. The average molecular weight is 248 g/mol. The zero-order valence-electron chi connectivity index (χ0n) is 9.89. The Morgan fingerprint density at radius 2 is 1.88 bits per heavy atom. The normalized spacial score (nSPS) is 36.9. The van der Waals surface area contributed by atoms with Crippen LogP contribution in [0.2, 0.25) is 0 Å². The quantitative estimate of drug-likeness (QED) is 0.806. The molecule has 1 saturated carbocycles. The third-order valence-corrected chi connectivity index (χ3v) is 4.59. The topological polar surface area (TPSA) is 15.3 Å². The first-order valence-corrected chi connectivity index (χ1v) is 6.59. The monoisotopic (exact) mass is 248 g/mol. The predicted octanol–water partition coefficient (Wildman–Crippen LogP) is 2.30. The molecule has 0 bridgehead atoms. The molecule has 1 N–H and O–H groups in total. The third-order valence-electron chi connectivity index (χ3n) is 4.59. The number of alkyl halides is 3. The smallest absolute Gasteiger partial charge is 0.301 e. The van der Waals surface area contributed by atoms with Crippen LogP contribution in [0.25, 0.3) is 0 Å². The summed E-state index contributed by atoms with van der Waals surface area (Å²) in [6.45, 7) is 2.11. The number of nitrogens with zero attached hydrogens (tertiary/aromatic N) is 1. The van der Waals surface area contributed by atoms with Crippen LogP contribution in [0.1, 0.15) is 38.5 Å². The highest BCUT2D eigenvalue weighted by Crippen LogP contribution is 2.49. The first kappa shape index (κ1) is 11.8. The summed E-state index contributed by atoms with van der Waals surface area (Å²) in [5.41, 5.74) is -1.53. The summed E-state index contributed by atoms with van der Waals surface area (Å²) >= 11 is 0. The van der Waals surface area contributed by atoms with E-state index in [2.05, 4.69) is 10.2 Å². The largest absolute Gasteiger partial charge is 0.406 e. The number of nitrogens with one attached hydrogen (secondary N) is 1. The molecule has 2 saturated heterocycles. The summed E-state index contributed by atoms with van der Waals surface area (Å²) in [6, 6.07) is 0.601. The van der Waals surface area contributed by atoms with Gasteiger partial charge in [-0.05, 0) is 51.6 Å². The molecular formula is C12H19F3N2. The van der Waals surface area contributed by atoms with Crippen molar-refractivity contribution in [3.8, 4) is 0 Å². The maximum absolute atomic E-state index is 12.8. The lowest BCUT2D eigenvalue weighted by Gasteiger charge is -2.37. The minimum atomic E-state index is -4.07. The summed E-state index contributed by atoms with van der Waals surface area (Å²) in [5, 5.41) is 2.91. The van der Waals surface area contributed by atoms with E-state index in [0.29, 0.717) is 6.04 Å². The van der Waals surface area contributed by atoms with Gasteiger partial charge in [0.05, 0.1) is 0 Å². The number of piperidine rings is 1. The lowest BCUT2D eigenvalue weighted by atomic mass is 9.96. The number of hydrogen-bond donors (Lipinski definition) is 1. The van der Waals surface area contributed by atoms with Crippen LogP contribution in [-0.2, 0) is 0 Å². The van der Waals surface area contributed by atoms with Crippen LogP contribution in [0.15, 0.2) is 0 Å². The highest BCUT2D eigenvalue weighted by molar-refractivity contribution is 5.10. The van der Waals surface area contributed by atoms with E-state index < -0.39 is 11.7 Å². The van der Waals surface area contributed by atoms with Gasteiger partial charge in [-0.2, -0.15) is 13.2 Å². The van der Waals surface area contributed by atoms with Crippen LogP contribution in [0, 0.1) is 0 Å². The van der Waals surface area contributed by atoms with Crippen LogP contribution < -0.4 is 5.32 Å². The van der Waals surface area contributed by atoms with E-state index >= 15 is 0 Å². The van der Waals surface area contributed by atoms with Crippen LogP contribution in [0.3, 0.4) is 0 Å². The van der Waals surface area contributed by atoms with E-state index in [4.69, 9.17) is 0 Å². The van der Waals surface area contributed by atoms with Crippen molar-refractivity contribution in [3.05, 3.63) is 0 Å². The van der Waals surface area contributed by atoms with E-state index in [1.54, 1.807) is 0 Å². The summed E-state index contributed by atoms with van der Waals surface area (Å²) < 4.78 is 38.5. The SMILES string of the molecule is FC(F)(F)C1(NC2CCN3CCCC3C2)CC1. The van der Waals surface area contributed by atoms with Crippen molar-refractivity contribution >= 4 is 0 Å². The zero-order chi connectivity index (χ0) is 12.1. The van der Waals surface area contributed by atoms with Crippen molar-refractivity contribution in [2.45, 2.75) is 62.3 Å². The molecule has 0 aromatic rings. The van der Waals surface area contributed by atoms with Gasteiger partial charge in [-0.25, -0.2) is 0 Å². The van der Waals surface area contributed by atoms with Crippen molar-refractivity contribution in [2.75, 3.05) is 13.1 Å². The molecule has 0 aromatic carbocycles. The molecule has 3 aliphatic rings. The minimum Gasteiger partial charge on any atom is -0.301 e. The Balaban J connectivity index is 1.60. The van der Waals surface area contributed by atoms with Gasteiger partial charge in [0.15, 0.2) is 0 Å². The summed E-state index contributed by atoms with van der Waals surface area (Å²) in [5.74, 6) is 0. The van der Waals surface area contributed by atoms with Crippen molar-refractivity contribution in [2.24, 2.45) is 0 Å². The second-order valence-corrected chi connectivity index (χ2v) is 5.78. The first-order valence-electron chi connectivity index (χ1n) is 6.59. The molecule has 0 radical (unpaired) electrons. The van der Waals surface area contributed by atoms with Gasteiger partial charge in [-0.3, -0.25) is 0 Å². The maximum Gasteiger partial charge on any atom is 0.406 e. The zero-order valence-corrected chi connectivity index (χ0v) is 9.89. The van der Waals surface area contributed by atoms with E-state index in [1.165, 1.54) is 6.42 Å². The molecule has 0 aromatic heterocycles. The molecule has 1 aliphatic carbocycles. The Kier molecular flexibility index (Phi) is 2.67. The second-order valence-electron chi connectivity index (χ2n) is 5.78. The van der Waals surface area contributed by atoms with Gasteiger partial charge in [0.25, 0.3) is 0 Å². The van der Waals surface area contributed by atoms with Crippen LogP contribution in [-0.4, -0.2) is 41.8 Å². The van der Waals surface area contributed by atoms with Crippen molar-refractivity contribution < 1.29 is 13.2 Å². The van der Waals surface area contributed by atoms with Crippen molar-refractivity contribution in [1.29, 1.82) is 0 Å². The van der Waals surface area contributed by atoms with Gasteiger partial charge in [0, 0.05) is 12.1 Å². The van der Waals surface area contributed by atoms with Crippen molar-refractivity contribution in [3.63, 3.8) is 0 Å². The molecule has 2 atom stereocenters. The van der Waals surface area contributed by atoms with Gasteiger partial charge in [-0.1, -0.05) is 0 Å². The number of fused-ring (bicyclic) bond motifs is 1. The number of hydrogen-bond acceptors (Lipinski definition) is 2. The van der Waals surface area contributed by atoms with Gasteiger partial charge in [0.2, 0.25) is 0 Å². The maximum atomic E-state index is 12.8. The lowest BCUT2D eigenvalue weighted by molar-refractivity contribution is -0.168. The molecule has 5 heteroatoms. The third kappa shape index (κ3) is 2.08. The molecule has 2 heterocycles. The first-order chi connectivity index (χ1) is 8.00. The molecule has 0 spiro atoms. The molecular weight excluding hydrogens is 229 g/mol. The minimum absolute atomic E-state index is 0.0680. The van der Waals surface area contributed by atoms with Crippen molar-refractivity contribution in [1.82, 2.24) is 10.2 Å². The molecule has 3 fully saturated rings. The average Bonchev–Trinajstić information content (AvgIpc) is 2.90. The van der Waals surface area contributed by atoms with E-state index in [9.17, 15) is 13.2 Å². The fourth-order valence-corrected chi connectivity index (χ4v) is 3.38. The Morgan fingerprint density at radius 1 is 1.12 bits per heavy atom. The Morgan fingerprint density at radius 3 is 2.53 bits per heavy atom. The van der Waals surface area contributed by atoms with E-state index in [0.717, 1.165) is 32.4 Å². The fourth-order valence-electron chi connectivity index (χ4n) is 3.38. The molecule has 0 amide bonds. The van der Waals surface area contributed by atoms with Gasteiger partial charge >= 0.3 is 6.18 Å². The molecule has 2 nitrogen and oxygen atoms in total. The van der Waals surface area contributed by atoms with Crippen LogP contribution in [0.4, 0.5) is 13.2 Å². The Labute approximate surface area is 99.5 Å². The standard InChI is InChI=1S/C12H19F3N2/c13-12(14,15)11(4-5-11)16-9-3-7-17-6-1-2-10(17)8-9/h9-10,16H,1-8H2. The van der Waals surface area contributed by atoms with E-state index in [1.807, 2.05) is 0 Å². The second kappa shape index (κ2) is 3.85. The molecule has 98 valence electrons. The van der Waals surface area contributed by atoms with Crippen LogP contribution in [0.5, 0.6) is 0 Å². The molecule has 17 heavy (non-hydrogen) atoms. The lowest BCUT2D eigenvalue weighted by Crippen LogP contribution is -2.54. The van der Waals surface area contributed by atoms with Gasteiger partial charge < -0.3 is 10.2 Å². The Bertz CT molecular complexity index is 299. The molecule has 3 rings (SSSR count). The number of rotatable bonds is 2. The van der Waals surface area contributed by atoms with Crippen LogP contribution >= 0.6 is 0 Å². The predicted molar refractivity (Wildman–Crippen MR) is 58.8 cm³/mol. The highest BCUT2D eigenvalue weighted by Gasteiger charge is 2.63. The van der Waals surface area contributed by atoms with Gasteiger partial charge in [-0.15, -0.1) is 0 Å². The molecule has 2 unspecified atom stereocenters. The summed E-state index contributed by atoms with van der Waals surface area (Å²) in [4.78, 5) is 2.44. The highest BCUT2D eigenvalue weighted by atomic mass is 19.4. The summed E-state index contributed by atoms with van der Waals surface area (Å²) in [7, 11) is 0. The molecule has 2 aliphatic heterocycles. The number of halogens is 3. The summed E-state index contributed by atoms with van der Waals surface area (Å²) in [6.07, 6.45) is 0.605. The van der Waals surface area contributed by atoms with E-state index in [-0.39, 0.29) is 18.9 Å². The fraction of sp³-hybridized carbons (Fsp3) is 1.00. The van der Waals surface area contributed by atoms with Gasteiger partial charge in [0.1, 0.15) is 5.54 Å².